The lowest BCUT2D eigenvalue weighted by Gasteiger charge is -2.28. The number of hydrogen-bond donors (Lipinski definition) is 0. The number of benzene rings is 12. The quantitative estimate of drug-likeness (QED) is 0.151. The van der Waals surface area contributed by atoms with Gasteiger partial charge in [-0.05, 0) is 558 Å². The van der Waals surface area contributed by atoms with E-state index in [1.807, 2.05) is 69.2 Å². The summed E-state index contributed by atoms with van der Waals surface area (Å²) < 4.78 is 126. The van der Waals surface area contributed by atoms with Crippen LogP contribution in [0.1, 0.15) is 242 Å². The van der Waals surface area contributed by atoms with Crippen LogP contribution in [0.2, 0.25) is 0 Å². The number of hydrogen-bond acceptors (Lipinski definition) is 10. The average molecular weight is 1740 g/mol. The molecule has 0 atom stereocenters. The maximum atomic E-state index is 13.1. The van der Waals surface area contributed by atoms with Gasteiger partial charge in [0.25, 0.3) is 0 Å². The summed E-state index contributed by atoms with van der Waals surface area (Å²) in [6.45, 7) is 86.2. The van der Waals surface area contributed by atoms with Crippen molar-refractivity contribution in [2.75, 3.05) is 31.3 Å². The van der Waals surface area contributed by atoms with Crippen molar-refractivity contribution in [1.82, 2.24) is 0 Å². The molecule has 1 aliphatic rings. The van der Waals surface area contributed by atoms with Crippen LogP contribution in [0, 0.1) is 270 Å². The lowest BCUT2D eigenvalue weighted by molar-refractivity contribution is 0.597. The van der Waals surface area contributed by atoms with E-state index >= 15 is 0 Å². The minimum Gasteiger partial charge on any atom is -0.224 e. The van der Waals surface area contributed by atoms with Crippen LogP contribution in [0.4, 0.5) is 0 Å². The third-order valence-electron chi connectivity index (χ3n) is 30.7. The van der Waals surface area contributed by atoms with Crippen molar-refractivity contribution in [3.05, 3.63) is 228 Å². The van der Waals surface area contributed by atoms with Crippen molar-refractivity contribution < 1.29 is 42.1 Å². The normalized spacial score (nSPS) is 12.9. The van der Waals surface area contributed by atoms with Gasteiger partial charge in [0.1, 0.15) is 0 Å². The summed E-state index contributed by atoms with van der Waals surface area (Å²) >= 11 is 0. The average Bonchev–Trinajstić information content (AvgIpc) is 1.63. The van der Waals surface area contributed by atoms with Gasteiger partial charge in [0.05, 0.1) is 24.5 Å². The molecule has 0 amide bonds. The van der Waals surface area contributed by atoms with Crippen molar-refractivity contribution >= 4 is 114 Å². The number of aryl methyl sites for hydroxylation is 18. The maximum Gasteiger partial charge on any atom is 0.176 e. The van der Waals surface area contributed by atoms with Crippen LogP contribution in [0.3, 0.4) is 0 Å². The SMILES string of the molecule is Cc1c(C)c(C)c2c(C)c(S(C)(=O)=O)c(C)c(C)c2c1C.Cc1c(C)c(C)c2c(C)c3c(C)c(S(C)(=O)=O)c(C)c(C)c3c(C)c2c1C.Cc1c(C)c(C)c2c(S(C)(=O)=O)c(C)c(C)c(C)c2c1C.Cc1c(C)c(C)c2c(S(C)(=O)=O)c3c(C)c(C)c(C)c(C)c3c(C)c2c1C.Cc1c(C)c(C)c2c(c1C)-c1c(C)c(C)c(S(C)(=O)=O)c(C)c1C2(C)C. The smallest absolute Gasteiger partial charge is 0.176 e. The largest absolute Gasteiger partial charge is 0.224 e. The van der Waals surface area contributed by atoms with Crippen LogP contribution in [0.25, 0.3) is 75.8 Å². The second-order valence-corrected chi connectivity index (χ2v) is 47.3. The topological polar surface area (TPSA) is 171 Å². The van der Waals surface area contributed by atoms with Gasteiger partial charge in [-0.3, -0.25) is 0 Å². The van der Waals surface area contributed by atoms with E-state index in [0.717, 1.165) is 121 Å². The molecular formula is C107H138O10S5. The van der Waals surface area contributed by atoms with E-state index in [4.69, 9.17) is 0 Å². The van der Waals surface area contributed by atoms with E-state index in [1.54, 1.807) is 0 Å². The third kappa shape index (κ3) is 15.1. The Kier molecular flexibility index (Phi) is 26.2. The monoisotopic (exact) mass is 1740 g/mol. The first-order valence-corrected chi connectivity index (χ1v) is 51.9. The molecule has 0 aliphatic heterocycles. The highest BCUT2D eigenvalue weighted by atomic mass is 32.2. The number of sulfone groups is 5. The van der Waals surface area contributed by atoms with E-state index in [1.165, 1.54) is 214 Å². The van der Waals surface area contributed by atoms with Gasteiger partial charge in [-0.25, -0.2) is 42.1 Å². The van der Waals surface area contributed by atoms with Gasteiger partial charge in [-0.2, -0.15) is 0 Å². The highest BCUT2D eigenvalue weighted by Gasteiger charge is 2.43. The van der Waals surface area contributed by atoms with E-state index in [2.05, 4.69) is 215 Å². The molecule has 12 aromatic carbocycles. The van der Waals surface area contributed by atoms with Crippen molar-refractivity contribution in [2.45, 2.75) is 314 Å². The molecule has 10 nitrogen and oxygen atoms in total. The standard InChI is InChI=1S/2C24H30O2S.C23H30O2S.2C18H24O2S/c1-11-13(3)17(7)22-20(15(11)5)19(9)21-16(6)12(2)14(4)18(8)23(21)24(22)27(10,25)26;1-11-12(2)14(4)21-18(8)23-19(9)24(27(10,25)26)16(6)15(5)22(23)17(7)20(21)13(11)3;1-11-12(2)15(5)20-18(13(11)3)19-14(4)16(6)22(26(10,24)25)17(7)21(19)23(20,8)9;1-9-10(2)14(6)17-16(12(9)4)13(5)11(3)15(7)18(17)21(8,19)20;1-9-10(2)12(4)17-15(7)18(21(8,19)20)14(6)13(5)16(17)11(9)3/h2*1-10H3;1-10H3;2*1-8H3. The Hall–Kier alpha value is -8.05. The maximum absolute atomic E-state index is 13.1. The van der Waals surface area contributed by atoms with E-state index in [-0.39, 0.29) is 5.41 Å². The van der Waals surface area contributed by atoms with E-state index < -0.39 is 49.2 Å². The fourth-order valence-corrected chi connectivity index (χ4v) is 28.8. The second kappa shape index (κ2) is 32.7. The Morgan fingerprint density at radius 3 is 0.533 bits per heavy atom. The molecule has 0 spiro atoms. The Morgan fingerprint density at radius 1 is 0.131 bits per heavy atom. The summed E-state index contributed by atoms with van der Waals surface area (Å²) in [6.07, 6.45) is 6.61. The molecule has 1 aliphatic carbocycles. The molecule has 0 radical (unpaired) electrons. The zero-order chi connectivity index (χ0) is 93.6. The molecule has 122 heavy (non-hydrogen) atoms. The zero-order valence-electron chi connectivity index (χ0n) is 82.6. The van der Waals surface area contributed by atoms with Crippen molar-refractivity contribution in [3.8, 4) is 11.1 Å². The molecule has 0 aromatic heterocycles. The minimum absolute atomic E-state index is 0.208. The molecule has 0 bridgehead atoms. The molecule has 0 saturated carbocycles. The molecular weight excluding hydrogens is 1610 g/mol. The molecule has 13 rings (SSSR count). The summed E-state index contributed by atoms with van der Waals surface area (Å²) in [4.78, 5) is 2.51. The molecule has 15 heteroatoms. The summed E-state index contributed by atoms with van der Waals surface area (Å²) in [6, 6.07) is 0. The fraction of sp³-hybridized carbons (Fsp3) is 0.439. The predicted molar refractivity (Wildman–Crippen MR) is 525 cm³/mol. The van der Waals surface area contributed by atoms with Gasteiger partial charge in [0.2, 0.25) is 0 Å². The van der Waals surface area contributed by atoms with E-state index in [0.29, 0.717) is 24.5 Å². The van der Waals surface area contributed by atoms with Crippen molar-refractivity contribution in [3.63, 3.8) is 0 Å². The van der Waals surface area contributed by atoms with E-state index in [9.17, 15) is 42.1 Å². The Morgan fingerprint density at radius 2 is 0.270 bits per heavy atom. The Bertz CT molecular complexity index is 7270. The Balaban J connectivity index is 0.000000174. The highest BCUT2D eigenvalue weighted by molar-refractivity contribution is 7.92. The molecule has 0 fully saturated rings. The van der Waals surface area contributed by atoms with Gasteiger partial charge in [-0.1, -0.05) is 13.8 Å². The molecule has 12 aromatic rings. The second-order valence-electron chi connectivity index (χ2n) is 37.5. The fourth-order valence-electron chi connectivity index (χ4n) is 22.1. The van der Waals surface area contributed by atoms with Gasteiger partial charge in [-0.15, -0.1) is 0 Å². The summed E-state index contributed by atoms with van der Waals surface area (Å²) in [5.41, 5.74) is 50.1. The highest BCUT2D eigenvalue weighted by Crippen LogP contribution is 2.57. The molecule has 0 saturated heterocycles. The third-order valence-corrected chi connectivity index (χ3v) is 37.2. The number of rotatable bonds is 5. The van der Waals surface area contributed by atoms with Crippen LogP contribution < -0.4 is 0 Å². The van der Waals surface area contributed by atoms with Crippen LogP contribution >= 0.6 is 0 Å². The molecule has 0 unspecified atom stereocenters. The first-order chi connectivity index (χ1) is 55.4. The first kappa shape index (κ1) is 97.8. The van der Waals surface area contributed by atoms with Gasteiger partial charge in [0, 0.05) is 52.9 Å². The van der Waals surface area contributed by atoms with Crippen LogP contribution in [-0.2, 0) is 54.6 Å². The van der Waals surface area contributed by atoms with Gasteiger partial charge < -0.3 is 0 Å². The number of fused-ring (bicyclic) bond motifs is 9. The van der Waals surface area contributed by atoms with Crippen molar-refractivity contribution in [1.29, 1.82) is 0 Å². The van der Waals surface area contributed by atoms with Gasteiger partial charge in [0.15, 0.2) is 49.2 Å². The summed E-state index contributed by atoms with van der Waals surface area (Å²) in [7, 11) is -16.5. The van der Waals surface area contributed by atoms with Crippen LogP contribution in [0.15, 0.2) is 24.5 Å². The first-order valence-electron chi connectivity index (χ1n) is 42.5. The van der Waals surface area contributed by atoms with Crippen LogP contribution in [0.5, 0.6) is 0 Å². The summed E-state index contributed by atoms with van der Waals surface area (Å²) in [5, 5.41) is 13.3. The van der Waals surface area contributed by atoms with Crippen molar-refractivity contribution in [2.24, 2.45) is 0 Å². The minimum atomic E-state index is -3.41. The van der Waals surface area contributed by atoms with Crippen LogP contribution in [-0.4, -0.2) is 73.4 Å². The molecule has 656 valence electrons. The molecule has 0 heterocycles. The zero-order valence-corrected chi connectivity index (χ0v) is 86.7. The lowest BCUT2D eigenvalue weighted by Crippen LogP contribution is -2.20. The van der Waals surface area contributed by atoms with Gasteiger partial charge >= 0.3 is 0 Å². The summed E-state index contributed by atoms with van der Waals surface area (Å²) in [5.74, 6) is 0. The Labute approximate surface area is 734 Å². The lowest BCUT2D eigenvalue weighted by atomic mass is 9.76. The molecule has 0 N–H and O–H groups in total. The predicted octanol–water partition coefficient (Wildman–Crippen LogP) is 26.7.